The molecule has 0 fully saturated rings. The summed E-state index contributed by atoms with van der Waals surface area (Å²) in [7, 11) is -1.15. The minimum Gasteiger partial charge on any atom is -0.354 e. The van der Waals surface area contributed by atoms with Crippen molar-refractivity contribution in [1.82, 2.24) is 10.5 Å². The largest absolute Gasteiger partial charge is 0.354 e. The Balaban J connectivity index is 2.47. The molecular weight excluding hydrogens is 337 g/mol. The number of hydrogen-bond acceptors (Lipinski definition) is 5. The maximum Gasteiger partial charge on any atom is 0.278 e. The standard InChI is InChI=1S/C15H17ClN3O3P/c1-22-19-15(20)10-9-17-14(16)8-12(10)18-11-6-4-5-7-13(11)23(2,3)21/h4-9H,1-3H3,(H,17,18)(H,19,20). The van der Waals surface area contributed by atoms with Crippen molar-refractivity contribution in [3.8, 4) is 0 Å². The predicted octanol–water partition coefficient (Wildman–Crippen LogP) is 3.02. The van der Waals surface area contributed by atoms with Gasteiger partial charge in [-0.1, -0.05) is 23.7 Å². The fraction of sp³-hybridized carbons (Fsp3) is 0.200. The zero-order chi connectivity index (χ0) is 17.0. The topological polar surface area (TPSA) is 80.3 Å². The van der Waals surface area contributed by atoms with Gasteiger partial charge in [0.25, 0.3) is 5.91 Å². The van der Waals surface area contributed by atoms with E-state index in [1.54, 1.807) is 25.5 Å². The number of hydroxylamine groups is 1. The molecule has 2 rings (SSSR count). The zero-order valence-electron chi connectivity index (χ0n) is 13.0. The molecule has 0 aliphatic heterocycles. The molecule has 0 atom stereocenters. The minimum atomic E-state index is -2.49. The number of hydrogen-bond donors (Lipinski definition) is 2. The van der Waals surface area contributed by atoms with E-state index in [1.165, 1.54) is 19.4 Å². The summed E-state index contributed by atoms with van der Waals surface area (Å²) in [6, 6.07) is 8.75. The molecule has 0 unspecified atom stereocenters. The summed E-state index contributed by atoms with van der Waals surface area (Å²) in [6.07, 6.45) is 1.35. The molecule has 6 nitrogen and oxygen atoms in total. The van der Waals surface area contributed by atoms with E-state index >= 15 is 0 Å². The molecule has 0 saturated heterocycles. The number of carbonyl (C=O) groups is 1. The molecule has 0 radical (unpaired) electrons. The van der Waals surface area contributed by atoms with E-state index < -0.39 is 13.0 Å². The number of rotatable bonds is 5. The molecule has 0 spiro atoms. The Labute approximate surface area is 139 Å². The lowest BCUT2D eigenvalue weighted by molar-refractivity contribution is 0.0538. The summed E-state index contributed by atoms with van der Waals surface area (Å²) in [5, 5.41) is 4.03. The number of nitrogens with one attached hydrogen (secondary N) is 2. The van der Waals surface area contributed by atoms with Crippen LogP contribution in [0.2, 0.25) is 5.15 Å². The van der Waals surface area contributed by atoms with E-state index in [-0.39, 0.29) is 10.7 Å². The van der Waals surface area contributed by atoms with Crippen LogP contribution in [0.3, 0.4) is 0 Å². The smallest absolute Gasteiger partial charge is 0.278 e. The van der Waals surface area contributed by atoms with E-state index in [0.29, 0.717) is 16.7 Å². The lowest BCUT2D eigenvalue weighted by Gasteiger charge is -2.17. The maximum atomic E-state index is 12.4. The number of halogens is 1. The first-order chi connectivity index (χ1) is 10.8. The highest BCUT2D eigenvalue weighted by molar-refractivity contribution is 7.70. The molecule has 122 valence electrons. The summed E-state index contributed by atoms with van der Waals surface area (Å²) < 4.78 is 12.4. The van der Waals surface area contributed by atoms with Crippen LogP contribution in [0.1, 0.15) is 10.4 Å². The van der Waals surface area contributed by atoms with Crippen molar-refractivity contribution >= 4 is 41.3 Å². The van der Waals surface area contributed by atoms with Crippen LogP contribution in [-0.2, 0) is 9.40 Å². The van der Waals surface area contributed by atoms with Crippen LogP contribution in [-0.4, -0.2) is 31.3 Å². The average molecular weight is 354 g/mol. The molecule has 1 heterocycles. The van der Waals surface area contributed by atoms with Gasteiger partial charge in [0.15, 0.2) is 0 Å². The van der Waals surface area contributed by atoms with E-state index in [2.05, 4.69) is 20.6 Å². The highest BCUT2D eigenvalue weighted by Crippen LogP contribution is 2.38. The van der Waals surface area contributed by atoms with Gasteiger partial charge in [0.2, 0.25) is 0 Å². The Morgan fingerprint density at radius 3 is 2.61 bits per heavy atom. The number of para-hydroxylation sites is 1. The fourth-order valence-corrected chi connectivity index (χ4v) is 3.37. The quantitative estimate of drug-likeness (QED) is 0.490. The molecule has 0 bridgehead atoms. The van der Waals surface area contributed by atoms with E-state index in [4.69, 9.17) is 11.6 Å². The van der Waals surface area contributed by atoms with Gasteiger partial charge in [-0.2, -0.15) is 0 Å². The van der Waals surface area contributed by atoms with Gasteiger partial charge in [0.1, 0.15) is 12.3 Å². The molecule has 8 heteroatoms. The molecule has 2 N–H and O–H groups in total. The molecule has 0 aliphatic rings. The Morgan fingerprint density at radius 2 is 1.96 bits per heavy atom. The third-order valence-electron chi connectivity index (χ3n) is 3.06. The first-order valence-corrected chi connectivity index (χ1v) is 9.71. The third-order valence-corrected chi connectivity index (χ3v) is 4.82. The average Bonchev–Trinajstić information content (AvgIpc) is 2.47. The second-order valence-corrected chi connectivity index (χ2v) is 8.75. The SMILES string of the molecule is CONC(=O)c1cnc(Cl)cc1Nc1ccccc1P(C)(C)=O. The lowest BCUT2D eigenvalue weighted by Crippen LogP contribution is -2.23. The Kier molecular flexibility index (Phi) is 5.42. The van der Waals surface area contributed by atoms with Crippen molar-refractivity contribution in [1.29, 1.82) is 0 Å². The Bertz CT molecular complexity index is 776. The second-order valence-electron chi connectivity index (χ2n) is 5.18. The third kappa shape index (κ3) is 4.32. The normalized spacial score (nSPS) is 11.1. The number of carbonyl (C=O) groups excluding carboxylic acids is 1. The molecule has 1 aromatic carbocycles. The molecule has 0 aliphatic carbocycles. The van der Waals surface area contributed by atoms with Crippen LogP contribution in [0.15, 0.2) is 36.5 Å². The molecule has 1 amide bonds. The Hall–Kier alpha value is -1.88. The van der Waals surface area contributed by atoms with Crippen molar-refractivity contribution in [2.24, 2.45) is 0 Å². The minimum absolute atomic E-state index is 0.232. The summed E-state index contributed by atoms with van der Waals surface area (Å²) in [4.78, 5) is 20.6. The lowest BCUT2D eigenvalue weighted by atomic mass is 10.2. The number of anilines is 2. The van der Waals surface area contributed by atoms with Gasteiger partial charge in [-0.3, -0.25) is 9.63 Å². The van der Waals surface area contributed by atoms with Crippen LogP contribution in [0.4, 0.5) is 11.4 Å². The number of pyridine rings is 1. The molecule has 1 aromatic heterocycles. The molecule has 23 heavy (non-hydrogen) atoms. The molecule has 0 saturated carbocycles. The van der Waals surface area contributed by atoms with Crippen molar-refractivity contribution in [3.63, 3.8) is 0 Å². The van der Waals surface area contributed by atoms with Crippen molar-refractivity contribution in [3.05, 3.63) is 47.2 Å². The first kappa shape index (κ1) is 17.5. The number of benzene rings is 1. The van der Waals surface area contributed by atoms with E-state index in [0.717, 1.165) is 0 Å². The second kappa shape index (κ2) is 7.13. The van der Waals surface area contributed by atoms with Crippen LogP contribution in [0.25, 0.3) is 0 Å². The van der Waals surface area contributed by atoms with Gasteiger partial charge >= 0.3 is 0 Å². The fourth-order valence-electron chi connectivity index (χ4n) is 2.06. The molecular formula is C15H17ClN3O3P. The van der Waals surface area contributed by atoms with Crippen molar-refractivity contribution < 1.29 is 14.2 Å². The van der Waals surface area contributed by atoms with Crippen molar-refractivity contribution in [2.45, 2.75) is 0 Å². The Morgan fingerprint density at radius 1 is 1.26 bits per heavy atom. The molecule has 2 aromatic rings. The summed E-state index contributed by atoms with van der Waals surface area (Å²) in [5.74, 6) is -0.465. The van der Waals surface area contributed by atoms with Crippen LogP contribution >= 0.6 is 18.7 Å². The van der Waals surface area contributed by atoms with Gasteiger partial charge in [-0.15, -0.1) is 0 Å². The zero-order valence-corrected chi connectivity index (χ0v) is 14.6. The van der Waals surface area contributed by atoms with Gasteiger partial charge < -0.3 is 9.88 Å². The maximum absolute atomic E-state index is 12.4. The summed E-state index contributed by atoms with van der Waals surface area (Å²) in [5.41, 5.74) is 3.59. The monoisotopic (exact) mass is 353 g/mol. The van der Waals surface area contributed by atoms with Crippen LogP contribution in [0, 0.1) is 0 Å². The first-order valence-electron chi connectivity index (χ1n) is 6.73. The highest BCUT2D eigenvalue weighted by Gasteiger charge is 2.18. The summed E-state index contributed by atoms with van der Waals surface area (Å²) in [6.45, 7) is 3.37. The highest BCUT2D eigenvalue weighted by atomic mass is 35.5. The van der Waals surface area contributed by atoms with E-state index in [1.807, 2.05) is 12.1 Å². The van der Waals surface area contributed by atoms with Crippen LogP contribution in [0.5, 0.6) is 0 Å². The van der Waals surface area contributed by atoms with Gasteiger partial charge in [-0.05, 0) is 31.5 Å². The summed E-state index contributed by atoms with van der Waals surface area (Å²) >= 11 is 5.93. The number of aromatic nitrogens is 1. The van der Waals surface area contributed by atoms with Gasteiger partial charge in [0, 0.05) is 17.2 Å². The number of nitrogens with zero attached hydrogens (tertiary/aromatic N) is 1. The van der Waals surface area contributed by atoms with Gasteiger partial charge in [-0.25, -0.2) is 10.5 Å². The van der Waals surface area contributed by atoms with Crippen molar-refractivity contribution in [2.75, 3.05) is 25.8 Å². The van der Waals surface area contributed by atoms with Gasteiger partial charge in [0.05, 0.1) is 18.4 Å². The predicted molar refractivity (Wildman–Crippen MR) is 92.5 cm³/mol. The van der Waals surface area contributed by atoms with Crippen LogP contribution < -0.4 is 16.1 Å². The van der Waals surface area contributed by atoms with E-state index in [9.17, 15) is 9.36 Å². The number of amides is 1.